The molecular weight excluding hydrogens is 562 g/mol. The number of amides is 2. The third-order valence-electron chi connectivity index (χ3n) is 7.03. The van der Waals surface area contributed by atoms with Gasteiger partial charge in [-0.1, -0.05) is 60.2 Å². The van der Waals surface area contributed by atoms with Gasteiger partial charge in [-0.3, -0.25) is 9.59 Å². The number of rotatable bonds is 8. The van der Waals surface area contributed by atoms with Crippen molar-refractivity contribution in [1.82, 2.24) is 10.6 Å². The van der Waals surface area contributed by atoms with Crippen LogP contribution in [0.25, 0.3) is 5.57 Å². The highest BCUT2D eigenvalue weighted by Crippen LogP contribution is 2.48. The molecule has 0 spiro atoms. The maximum absolute atomic E-state index is 14.9. The number of carbonyl (C=O) groups excluding carboxylic acids is 2. The molecule has 5 nitrogen and oxygen atoms in total. The molecule has 0 bridgehead atoms. The third-order valence-corrected chi connectivity index (χ3v) is 7.03. The highest BCUT2D eigenvalue weighted by Gasteiger charge is 2.59. The highest BCUT2D eigenvalue weighted by molar-refractivity contribution is 6.09. The first-order chi connectivity index (χ1) is 19.7. The average molecular weight is 591 g/mol. The molecule has 0 saturated carbocycles. The maximum Gasteiger partial charge on any atom is 0.416 e. The average Bonchev–Trinajstić information content (AvgIpc) is 2.92. The molecule has 1 aliphatic heterocycles. The molecule has 0 aliphatic carbocycles. The largest absolute Gasteiger partial charge is 0.494 e. The first-order valence-electron chi connectivity index (χ1n) is 13.1. The number of nitrogens with one attached hydrogen (secondary N) is 2. The number of carbonyl (C=O) groups is 2. The second-order valence-electron chi connectivity index (χ2n) is 10.1. The van der Waals surface area contributed by atoms with Crippen molar-refractivity contribution in [2.45, 2.75) is 51.0 Å². The van der Waals surface area contributed by atoms with Gasteiger partial charge in [0, 0.05) is 18.4 Å². The van der Waals surface area contributed by atoms with Gasteiger partial charge in [-0.15, -0.1) is 0 Å². The first kappa shape index (κ1) is 30.7. The van der Waals surface area contributed by atoms with E-state index in [4.69, 9.17) is 4.74 Å². The van der Waals surface area contributed by atoms with Gasteiger partial charge in [0.25, 0.3) is 11.8 Å². The van der Waals surface area contributed by atoms with Gasteiger partial charge in [0.2, 0.25) is 0 Å². The van der Waals surface area contributed by atoms with Crippen LogP contribution in [0.3, 0.4) is 0 Å². The predicted octanol–water partition coefficient (Wildman–Crippen LogP) is 7.14. The number of benzene rings is 3. The first-order valence-corrected chi connectivity index (χ1v) is 13.1. The second-order valence-corrected chi connectivity index (χ2v) is 10.1. The van der Waals surface area contributed by atoms with Crippen LogP contribution in [-0.4, -0.2) is 30.8 Å². The Hall–Kier alpha value is -4.28. The summed E-state index contributed by atoms with van der Waals surface area (Å²) in [6, 6.07) is 17.8. The Labute approximate surface area is 238 Å². The predicted molar refractivity (Wildman–Crippen MR) is 144 cm³/mol. The Kier molecular flexibility index (Phi) is 8.70. The Bertz CT molecular complexity index is 1480. The molecule has 0 saturated heterocycles. The minimum atomic E-state index is -4.97. The van der Waals surface area contributed by atoms with Gasteiger partial charge < -0.3 is 15.4 Å². The summed E-state index contributed by atoms with van der Waals surface area (Å²) < 4.78 is 87.1. The van der Waals surface area contributed by atoms with Crippen LogP contribution in [0.4, 0.5) is 26.3 Å². The van der Waals surface area contributed by atoms with Crippen LogP contribution in [0.15, 0.2) is 78.5 Å². The zero-order valence-corrected chi connectivity index (χ0v) is 22.7. The zero-order chi connectivity index (χ0) is 30.7. The van der Waals surface area contributed by atoms with E-state index in [0.717, 1.165) is 17.7 Å². The molecule has 1 aliphatic rings. The molecule has 2 amide bonds. The van der Waals surface area contributed by atoms with E-state index < -0.39 is 42.5 Å². The summed E-state index contributed by atoms with van der Waals surface area (Å²) in [5, 5.41) is 4.64. The summed E-state index contributed by atoms with van der Waals surface area (Å²) in [6.07, 6.45) is -11.4. The molecule has 3 aromatic rings. The molecule has 2 N–H and O–H groups in total. The standard InChI is InChI=1S/C31H28F6N2O3/c1-19-8-10-21(11-9-19)25-18-29(31(35,36)37,22-12-14-23(15-13-22)42-17-5-16-30(32,33)34)39-28(41)26(25)38-27(40)24-7-4-3-6-20(24)2/h3-4,6-15H,5,16-18H2,1-2H3,(H,38,40)(H,39,41). The van der Waals surface area contributed by atoms with Crippen LogP contribution >= 0.6 is 0 Å². The molecule has 0 aromatic heterocycles. The van der Waals surface area contributed by atoms with Crippen molar-refractivity contribution in [3.8, 4) is 5.75 Å². The summed E-state index contributed by atoms with van der Waals surface area (Å²) in [4.78, 5) is 26.6. The summed E-state index contributed by atoms with van der Waals surface area (Å²) >= 11 is 0. The Morgan fingerprint density at radius 1 is 0.929 bits per heavy atom. The summed E-state index contributed by atoms with van der Waals surface area (Å²) in [5.41, 5.74) is -1.42. The van der Waals surface area contributed by atoms with Gasteiger partial charge >= 0.3 is 12.4 Å². The Morgan fingerprint density at radius 3 is 2.17 bits per heavy atom. The van der Waals surface area contributed by atoms with E-state index >= 15 is 0 Å². The van der Waals surface area contributed by atoms with E-state index in [-0.39, 0.29) is 41.2 Å². The van der Waals surface area contributed by atoms with Crippen molar-refractivity contribution in [3.05, 3.63) is 106 Å². The second kappa shape index (κ2) is 11.9. The SMILES string of the molecule is Cc1ccc(C2=C(NC(=O)c3ccccc3C)C(=O)NC(c3ccc(OCCCC(F)(F)F)cc3)(C(F)(F)F)C2)cc1. The quantitative estimate of drug-likeness (QED) is 0.217. The smallest absolute Gasteiger partial charge is 0.416 e. The van der Waals surface area contributed by atoms with Gasteiger partial charge in [0.15, 0.2) is 5.54 Å². The van der Waals surface area contributed by atoms with Gasteiger partial charge in [-0.05, 0) is 60.7 Å². The summed E-state index contributed by atoms with van der Waals surface area (Å²) in [6.45, 7) is 3.23. The molecule has 1 heterocycles. The molecule has 0 radical (unpaired) electrons. The van der Waals surface area contributed by atoms with Crippen LogP contribution < -0.4 is 15.4 Å². The Balaban J connectivity index is 1.72. The topological polar surface area (TPSA) is 67.4 Å². The van der Waals surface area contributed by atoms with Crippen LogP contribution in [0, 0.1) is 13.8 Å². The van der Waals surface area contributed by atoms with Crippen molar-refractivity contribution in [1.29, 1.82) is 0 Å². The number of halogens is 6. The summed E-state index contributed by atoms with van der Waals surface area (Å²) in [7, 11) is 0. The lowest BCUT2D eigenvalue weighted by atomic mass is 9.77. The molecule has 0 fully saturated rings. The maximum atomic E-state index is 14.9. The number of alkyl halides is 6. The monoisotopic (exact) mass is 590 g/mol. The fourth-order valence-corrected chi connectivity index (χ4v) is 4.74. The lowest BCUT2D eigenvalue weighted by Gasteiger charge is -2.41. The molecular formula is C31H28F6N2O3. The van der Waals surface area contributed by atoms with E-state index in [2.05, 4.69) is 10.6 Å². The molecule has 11 heteroatoms. The molecule has 4 rings (SSSR count). The van der Waals surface area contributed by atoms with Crippen molar-refractivity contribution < 1.29 is 40.7 Å². The third kappa shape index (κ3) is 6.78. The lowest BCUT2D eigenvalue weighted by Crippen LogP contribution is -2.60. The van der Waals surface area contributed by atoms with E-state index in [9.17, 15) is 35.9 Å². The van der Waals surface area contributed by atoms with Crippen molar-refractivity contribution in [2.24, 2.45) is 0 Å². The van der Waals surface area contributed by atoms with E-state index in [0.29, 0.717) is 11.1 Å². The van der Waals surface area contributed by atoms with Gasteiger partial charge in [-0.25, -0.2) is 0 Å². The molecule has 1 unspecified atom stereocenters. The lowest BCUT2D eigenvalue weighted by molar-refractivity contribution is -0.201. The summed E-state index contributed by atoms with van der Waals surface area (Å²) in [5.74, 6) is -1.68. The normalized spacial score (nSPS) is 17.6. The van der Waals surface area contributed by atoms with Crippen LogP contribution in [0.2, 0.25) is 0 Å². The van der Waals surface area contributed by atoms with Gasteiger partial charge in [0.1, 0.15) is 11.4 Å². The van der Waals surface area contributed by atoms with E-state index in [1.54, 1.807) is 62.4 Å². The highest BCUT2D eigenvalue weighted by atomic mass is 19.4. The minimum Gasteiger partial charge on any atom is -0.494 e. The molecule has 42 heavy (non-hydrogen) atoms. The fraction of sp³-hybridized carbons (Fsp3) is 0.290. The molecule has 222 valence electrons. The van der Waals surface area contributed by atoms with Gasteiger partial charge in [0.05, 0.1) is 6.61 Å². The number of ether oxygens (including phenoxy) is 1. The Morgan fingerprint density at radius 2 is 1.57 bits per heavy atom. The van der Waals surface area contributed by atoms with E-state index in [1.807, 2.05) is 0 Å². The number of hydrogen-bond acceptors (Lipinski definition) is 3. The van der Waals surface area contributed by atoms with Gasteiger partial charge in [-0.2, -0.15) is 26.3 Å². The van der Waals surface area contributed by atoms with Crippen molar-refractivity contribution >= 4 is 17.4 Å². The molecule has 1 atom stereocenters. The van der Waals surface area contributed by atoms with Crippen LogP contribution in [0.1, 0.15) is 51.9 Å². The van der Waals surface area contributed by atoms with E-state index in [1.165, 1.54) is 12.1 Å². The fourth-order valence-electron chi connectivity index (χ4n) is 4.74. The number of hydrogen-bond donors (Lipinski definition) is 2. The molecule has 3 aromatic carbocycles. The number of aryl methyl sites for hydroxylation is 2. The van der Waals surface area contributed by atoms with Crippen molar-refractivity contribution in [3.63, 3.8) is 0 Å². The van der Waals surface area contributed by atoms with Crippen LogP contribution in [-0.2, 0) is 10.3 Å². The van der Waals surface area contributed by atoms with Crippen LogP contribution in [0.5, 0.6) is 5.75 Å². The van der Waals surface area contributed by atoms with Crippen molar-refractivity contribution in [2.75, 3.05) is 6.61 Å². The zero-order valence-electron chi connectivity index (χ0n) is 22.7. The minimum absolute atomic E-state index is 0.00881.